The SMILES string of the molecule is Cc1csc(C2(NS(=O)(=O)c3ccc4c(c3)CCC(=O)N4)CCCC2)n1. The molecule has 0 saturated heterocycles. The fraction of sp³-hybridized carbons (Fsp3) is 0.444. The lowest BCUT2D eigenvalue weighted by Crippen LogP contribution is -2.43. The zero-order valence-electron chi connectivity index (χ0n) is 14.5. The molecule has 0 radical (unpaired) electrons. The van der Waals surface area contributed by atoms with Gasteiger partial charge in [0.25, 0.3) is 0 Å². The Labute approximate surface area is 157 Å². The van der Waals surface area contributed by atoms with Gasteiger partial charge in [0, 0.05) is 23.2 Å². The molecule has 138 valence electrons. The zero-order valence-corrected chi connectivity index (χ0v) is 16.2. The van der Waals surface area contributed by atoms with Crippen LogP contribution in [0, 0.1) is 6.92 Å². The number of sulfonamides is 1. The Balaban J connectivity index is 1.67. The molecular formula is C18H21N3O3S2. The first-order valence-electron chi connectivity index (χ1n) is 8.77. The van der Waals surface area contributed by atoms with E-state index in [-0.39, 0.29) is 10.8 Å². The summed E-state index contributed by atoms with van der Waals surface area (Å²) in [6.45, 7) is 1.93. The number of aryl methyl sites for hydroxylation is 2. The lowest BCUT2D eigenvalue weighted by atomic mass is 10.0. The number of carbonyl (C=O) groups excluding carboxylic acids is 1. The Morgan fingerprint density at radius 1 is 1.23 bits per heavy atom. The molecule has 1 amide bonds. The van der Waals surface area contributed by atoms with Crippen molar-refractivity contribution >= 4 is 33.0 Å². The standard InChI is InChI=1S/C18H21N3O3S2/c1-12-11-25-17(19-12)18(8-2-3-9-18)21-26(23,24)14-5-6-15-13(10-14)4-7-16(22)20-15/h5-6,10-11,21H,2-4,7-9H2,1H3,(H,20,22). The van der Waals surface area contributed by atoms with E-state index in [1.807, 2.05) is 12.3 Å². The van der Waals surface area contributed by atoms with Crippen LogP contribution in [-0.4, -0.2) is 19.3 Å². The van der Waals surface area contributed by atoms with Crippen molar-refractivity contribution in [2.75, 3.05) is 5.32 Å². The average molecular weight is 392 g/mol. The summed E-state index contributed by atoms with van der Waals surface area (Å²) in [7, 11) is -3.68. The minimum Gasteiger partial charge on any atom is -0.326 e. The Morgan fingerprint density at radius 3 is 2.69 bits per heavy atom. The van der Waals surface area contributed by atoms with Gasteiger partial charge in [0.05, 0.1) is 10.4 Å². The molecule has 0 bridgehead atoms. The average Bonchev–Trinajstić information content (AvgIpc) is 3.24. The van der Waals surface area contributed by atoms with Gasteiger partial charge < -0.3 is 5.32 Å². The van der Waals surface area contributed by atoms with Crippen LogP contribution >= 0.6 is 11.3 Å². The van der Waals surface area contributed by atoms with Gasteiger partial charge in [0.1, 0.15) is 5.01 Å². The summed E-state index contributed by atoms with van der Waals surface area (Å²) < 4.78 is 29.2. The molecule has 1 aliphatic heterocycles. The fourth-order valence-electron chi connectivity index (χ4n) is 3.75. The molecule has 2 heterocycles. The quantitative estimate of drug-likeness (QED) is 0.838. The zero-order chi connectivity index (χ0) is 18.4. The number of hydrogen-bond acceptors (Lipinski definition) is 5. The largest absolute Gasteiger partial charge is 0.326 e. The maximum Gasteiger partial charge on any atom is 0.241 e. The van der Waals surface area contributed by atoms with E-state index in [1.54, 1.807) is 18.2 Å². The van der Waals surface area contributed by atoms with E-state index in [1.165, 1.54) is 11.3 Å². The molecule has 0 spiro atoms. The van der Waals surface area contributed by atoms with Gasteiger partial charge >= 0.3 is 0 Å². The number of aromatic nitrogens is 1. The van der Waals surface area contributed by atoms with Crippen molar-refractivity contribution in [1.82, 2.24) is 9.71 Å². The number of hydrogen-bond donors (Lipinski definition) is 2. The third-order valence-corrected chi connectivity index (χ3v) is 7.80. The van der Waals surface area contributed by atoms with Gasteiger partial charge in [-0.1, -0.05) is 12.8 Å². The number of nitrogens with zero attached hydrogens (tertiary/aromatic N) is 1. The molecule has 0 unspecified atom stereocenters. The minimum atomic E-state index is -3.68. The second kappa shape index (κ2) is 6.44. The van der Waals surface area contributed by atoms with Crippen LogP contribution in [0.25, 0.3) is 0 Å². The third kappa shape index (κ3) is 3.17. The van der Waals surface area contributed by atoms with Crippen molar-refractivity contribution < 1.29 is 13.2 Å². The summed E-state index contributed by atoms with van der Waals surface area (Å²) in [4.78, 5) is 16.3. The second-order valence-corrected chi connectivity index (χ2v) is 9.60. The fourth-order valence-corrected chi connectivity index (χ4v) is 6.31. The second-order valence-electron chi connectivity index (χ2n) is 7.06. The number of rotatable bonds is 4. The van der Waals surface area contributed by atoms with Crippen molar-refractivity contribution in [1.29, 1.82) is 0 Å². The van der Waals surface area contributed by atoms with Crippen LogP contribution in [0.5, 0.6) is 0 Å². The molecule has 2 aliphatic rings. The van der Waals surface area contributed by atoms with Crippen LogP contribution in [0.3, 0.4) is 0 Å². The maximum atomic E-state index is 13.1. The number of anilines is 1. The molecule has 2 N–H and O–H groups in total. The number of amides is 1. The van der Waals surface area contributed by atoms with Crippen LogP contribution < -0.4 is 10.0 Å². The first kappa shape index (κ1) is 17.6. The van der Waals surface area contributed by atoms with Gasteiger partial charge in [-0.05, 0) is 49.9 Å². The molecule has 1 aromatic carbocycles. The van der Waals surface area contributed by atoms with E-state index >= 15 is 0 Å². The first-order valence-corrected chi connectivity index (χ1v) is 11.1. The summed E-state index contributed by atoms with van der Waals surface area (Å²) in [5.41, 5.74) is 1.87. The summed E-state index contributed by atoms with van der Waals surface area (Å²) in [5.74, 6) is -0.0321. The predicted octanol–water partition coefficient (Wildman–Crippen LogP) is 3.08. The smallest absolute Gasteiger partial charge is 0.241 e. The number of thiazole rings is 1. The van der Waals surface area contributed by atoms with E-state index in [9.17, 15) is 13.2 Å². The van der Waals surface area contributed by atoms with Crippen LogP contribution in [0.15, 0.2) is 28.5 Å². The Kier molecular flexibility index (Phi) is 4.37. The van der Waals surface area contributed by atoms with Gasteiger partial charge in [-0.15, -0.1) is 11.3 Å². The van der Waals surface area contributed by atoms with Gasteiger partial charge in [0.15, 0.2) is 0 Å². The number of nitrogens with one attached hydrogen (secondary N) is 2. The molecule has 1 aliphatic carbocycles. The molecule has 8 heteroatoms. The maximum absolute atomic E-state index is 13.1. The highest BCUT2D eigenvalue weighted by atomic mass is 32.2. The van der Waals surface area contributed by atoms with Crippen LogP contribution in [0.4, 0.5) is 5.69 Å². The first-order chi connectivity index (χ1) is 12.4. The van der Waals surface area contributed by atoms with Gasteiger partial charge in [-0.3, -0.25) is 4.79 Å². The van der Waals surface area contributed by atoms with Gasteiger partial charge in [-0.25, -0.2) is 13.4 Å². The Bertz CT molecular complexity index is 960. The summed E-state index contributed by atoms with van der Waals surface area (Å²) in [6, 6.07) is 4.91. The third-order valence-electron chi connectivity index (χ3n) is 5.10. The molecule has 0 atom stereocenters. The number of carbonyl (C=O) groups is 1. The summed E-state index contributed by atoms with van der Waals surface area (Å²) >= 11 is 1.52. The molecule has 1 aromatic heterocycles. The Morgan fingerprint density at radius 2 is 2.00 bits per heavy atom. The normalized spacial score (nSPS) is 19.2. The lowest BCUT2D eigenvalue weighted by Gasteiger charge is -2.28. The van der Waals surface area contributed by atoms with E-state index in [0.29, 0.717) is 18.5 Å². The highest BCUT2D eigenvalue weighted by Gasteiger charge is 2.42. The highest BCUT2D eigenvalue weighted by Crippen LogP contribution is 2.41. The van der Waals surface area contributed by atoms with Crippen molar-refractivity contribution in [3.05, 3.63) is 39.8 Å². The van der Waals surface area contributed by atoms with Gasteiger partial charge in [0.2, 0.25) is 15.9 Å². The van der Waals surface area contributed by atoms with Crippen molar-refractivity contribution in [2.45, 2.75) is 55.9 Å². The van der Waals surface area contributed by atoms with Crippen LogP contribution in [0.1, 0.15) is 48.4 Å². The minimum absolute atomic E-state index is 0.0321. The van der Waals surface area contributed by atoms with Crippen LogP contribution in [-0.2, 0) is 26.8 Å². The van der Waals surface area contributed by atoms with Crippen molar-refractivity contribution in [3.8, 4) is 0 Å². The molecule has 26 heavy (non-hydrogen) atoms. The van der Waals surface area contributed by atoms with E-state index < -0.39 is 15.6 Å². The van der Waals surface area contributed by atoms with Crippen molar-refractivity contribution in [3.63, 3.8) is 0 Å². The summed E-state index contributed by atoms with van der Waals surface area (Å²) in [5, 5.41) is 5.60. The number of benzene rings is 1. The molecular weight excluding hydrogens is 370 g/mol. The topological polar surface area (TPSA) is 88.2 Å². The lowest BCUT2D eigenvalue weighted by molar-refractivity contribution is -0.116. The number of fused-ring (bicyclic) bond motifs is 1. The molecule has 6 nitrogen and oxygen atoms in total. The summed E-state index contributed by atoms with van der Waals surface area (Å²) in [6.07, 6.45) is 4.43. The molecule has 1 fully saturated rings. The van der Waals surface area contributed by atoms with E-state index in [4.69, 9.17) is 0 Å². The van der Waals surface area contributed by atoms with E-state index in [2.05, 4.69) is 15.0 Å². The van der Waals surface area contributed by atoms with Crippen LogP contribution in [0.2, 0.25) is 0 Å². The molecule has 1 saturated carbocycles. The van der Waals surface area contributed by atoms with Gasteiger partial charge in [-0.2, -0.15) is 4.72 Å². The highest BCUT2D eigenvalue weighted by molar-refractivity contribution is 7.89. The predicted molar refractivity (Wildman–Crippen MR) is 101 cm³/mol. The monoisotopic (exact) mass is 391 g/mol. The molecule has 2 aromatic rings. The molecule has 4 rings (SSSR count). The van der Waals surface area contributed by atoms with Crippen molar-refractivity contribution in [2.24, 2.45) is 0 Å². The van der Waals surface area contributed by atoms with E-state index in [0.717, 1.165) is 41.9 Å². The Hall–Kier alpha value is -1.77.